The molecule has 27 heavy (non-hydrogen) atoms. The Hall–Kier alpha value is -2.12. The maximum atomic E-state index is 13.1. The molecule has 144 valence electrons. The number of aromatic nitrogens is 2. The van der Waals surface area contributed by atoms with Crippen LogP contribution in [-0.2, 0) is 6.54 Å². The number of rotatable bonds is 7. The van der Waals surface area contributed by atoms with Crippen LogP contribution in [-0.4, -0.2) is 54.2 Å². The molecule has 0 bridgehead atoms. The molecule has 1 aliphatic heterocycles. The average Bonchev–Trinajstić information content (AvgIpc) is 2.73. The van der Waals surface area contributed by atoms with Crippen molar-refractivity contribution in [1.82, 2.24) is 14.9 Å². The van der Waals surface area contributed by atoms with E-state index in [2.05, 4.69) is 14.9 Å². The van der Waals surface area contributed by atoms with E-state index in [0.29, 0.717) is 17.1 Å². The summed E-state index contributed by atoms with van der Waals surface area (Å²) in [5, 5.41) is 0.775. The Morgan fingerprint density at radius 1 is 1.26 bits per heavy atom. The zero-order chi connectivity index (χ0) is 19.2. The van der Waals surface area contributed by atoms with Gasteiger partial charge in [-0.15, -0.1) is 0 Å². The minimum Gasteiger partial charge on any atom is -0.497 e. The molecule has 1 fully saturated rings. The molecule has 3 rings (SSSR count). The number of ether oxygens (including phenoxy) is 2. The van der Waals surface area contributed by atoms with Crippen molar-refractivity contribution in [2.24, 2.45) is 5.92 Å². The smallest absolute Gasteiger partial charge is 0.187 e. The summed E-state index contributed by atoms with van der Waals surface area (Å²) in [7, 11) is 3.18. The summed E-state index contributed by atoms with van der Waals surface area (Å²) in [4.78, 5) is 24.1. The standard InChI is InChI=1S/C20H25N3O3S/c1-25-16-6-7-17(18(9-16)26-2)19(24)15-5-4-8-23(13-15)12-14-10-21-20(27-3)22-11-14/h6-7,9-11,15H,4-5,8,12-13H2,1-3H3. The van der Waals surface area contributed by atoms with Gasteiger partial charge in [0.2, 0.25) is 0 Å². The Labute approximate surface area is 164 Å². The van der Waals surface area contributed by atoms with Gasteiger partial charge in [0.15, 0.2) is 10.9 Å². The number of carbonyl (C=O) groups excluding carboxylic acids is 1. The van der Waals surface area contributed by atoms with Gasteiger partial charge in [0.25, 0.3) is 0 Å². The molecular formula is C20H25N3O3S. The van der Waals surface area contributed by atoms with E-state index >= 15 is 0 Å². The Balaban J connectivity index is 1.69. The number of thioether (sulfide) groups is 1. The van der Waals surface area contributed by atoms with Crippen LogP contribution in [0.1, 0.15) is 28.8 Å². The van der Waals surface area contributed by atoms with Crippen LogP contribution in [0.15, 0.2) is 35.7 Å². The van der Waals surface area contributed by atoms with Gasteiger partial charge in [0.05, 0.1) is 19.8 Å². The third-order valence-electron chi connectivity index (χ3n) is 4.82. The van der Waals surface area contributed by atoms with Crippen LogP contribution >= 0.6 is 11.8 Å². The molecule has 1 aliphatic rings. The second-order valence-electron chi connectivity index (χ2n) is 6.58. The summed E-state index contributed by atoms with van der Waals surface area (Å²) in [6, 6.07) is 5.37. The minimum atomic E-state index is -0.0348. The Morgan fingerprint density at radius 3 is 2.70 bits per heavy atom. The molecule has 0 amide bonds. The lowest BCUT2D eigenvalue weighted by Crippen LogP contribution is -2.38. The number of benzene rings is 1. The van der Waals surface area contributed by atoms with Gasteiger partial charge < -0.3 is 9.47 Å². The first kappa shape index (κ1) is 19.6. The Morgan fingerprint density at radius 2 is 2.04 bits per heavy atom. The highest BCUT2D eigenvalue weighted by atomic mass is 32.2. The van der Waals surface area contributed by atoms with E-state index in [0.717, 1.165) is 43.2 Å². The second-order valence-corrected chi connectivity index (χ2v) is 7.36. The van der Waals surface area contributed by atoms with Crippen LogP contribution in [0.3, 0.4) is 0 Å². The molecule has 6 nitrogen and oxygen atoms in total. The van der Waals surface area contributed by atoms with Gasteiger partial charge in [-0.3, -0.25) is 9.69 Å². The maximum Gasteiger partial charge on any atom is 0.187 e. The van der Waals surface area contributed by atoms with Crippen molar-refractivity contribution in [2.45, 2.75) is 24.5 Å². The Kier molecular flexibility index (Phi) is 6.68. The van der Waals surface area contributed by atoms with Gasteiger partial charge in [0, 0.05) is 43.0 Å². The molecule has 1 saturated heterocycles. The first-order valence-corrected chi connectivity index (χ1v) is 10.2. The lowest BCUT2D eigenvalue weighted by Gasteiger charge is -2.32. The molecule has 0 saturated carbocycles. The number of hydrogen-bond donors (Lipinski definition) is 0. The number of hydrogen-bond acceptors (Lipinski definition) is 7. The summed E-state index contributed by atoms with van der Waals surface area (Å²) in [6.45, 7) is 2.48. The number of carbonyl (C=O) groups is 1. The summed E-state index contributed by atoms with van der Waals surface area (Å²) >= 11 is 1.53. The molecule has 1 unspecified atom stereocenters. The second kappa shape index (κ2) is 9.19. The monoisotopic (exact) mass is 387 g/mol. The zero-order valence-corrected chi connectivity index (χ0v) is 16.8. The van der Waals surface area contributed by atoms with Crippen molar-refractivity contribution in [3.63, 3.8) is 0 Å². The molecule has 7 heteroatoms. The SMILES string of the molecule is COc1ccc(C(=O)C2CCCN(Cc3cnc(SC)nc3)C2)c(OC)c1. The van der Waals surface area contributed by atoms with E-state index in [1.54, 1.807) is 32.4 Å². The predicted octanol–water partition coefficient (Wildman–Crippen LogP) is 3.31. The highest BCUT2D eigenvalue weighted by Crippen LogP contribution is 2.29. The summed E-state index contributed by atoms with van der Waals surface area (Å²) in [5.41, 5.74) is 1.70. The number of Topliss-reactive ketones (excluding diaryl/α,β-unsaturated/α-hetero) is 1. The van der Waals surface area contributed by atoms with Crippen molar-refractivity contribution in [3.8, 4) is 11.5 Å². The molecule has 2 heterocycles. The van der Waals surface area contributed by atoms with Gasteiger partial charge in [-0.2, -0.15) is 0 Å². The summed E-state index contributed by atoms with van der Waals surface area (Å²) in [5.74, 6) is 1.35. The van der Waals surface area contributed by atoms with Crippen LogP contribution in [0, 0.1) is 5.92 Å². The van der Waals surface area contributed by atoms with E-state index in [1.807, 2.05) is 18.6 Å². The molecule has 2 aromatic rings. The van der Waals surface area contributed by atoms with Crippen LogP contribution in [0.2, 0.25) is 0 Å². The number of piperidine rings is 1. The molecule has 1 aromatic heterocycles. The molecule has 1 aromatic carbocycles. The molecule has 0 N–H and O–H groups in total. The lowest BCUT2D eigenvalue weighted by molar-refractivity contribution is 0.0808. The van der Waals surface area contributed by atoms with E-state index in [4.69, 9.17) is 9.47 Å². The van der Waals surface area contributed by atoms with Crippen molar-refractivity contribution in [3.05, 3.63) is 41.7 Å². The normalized spacial score (nSPS) is 17.5. The molecule has 0 spiro atoms. The quantitative estimate of drug-likeness (QED) is 0.410. The fraction of sp³-hybridized carbons (Fsp3) is 0.450. The van der Waals surface area contributed by atoms with Crippen molar-refractivity contribution < 1.29 is 14.3 Å². The molecule has 0 aliphatic carbocycles. The van der Waals surface area contributed by atoms with Crippen molar-refractivity contribution in [1.29, 1.82) is 0 Å². The molecule has 1 atom stereocenters. The number of ketones is 1. The largest absolute Gasteiger partial charge is 0.497 e. The van der Waals surface area contributed by atoms with E-state index in [1.165, 1.54) is 11.8 Å². The average molecular weight is 388 g/mol. The fourth-order valence-corrected chi connectivity index (χ4v) is 3.74. The summed E-state index contributed by atoms with van der Waals surface area (Å²) < 4.78 is 10.6. The third-order valence-corrected chi connectivity index (χ3v) is 5.40. The van der Waals surface area contributed by atoms with Crippen molar-refractivity contribution >= 4 is 17.5 Å². The minimum absolute atomic E-state index is 0.0348. The highest BCUT2D eigenvalue weighted by molar-refractivity contribution is 7.98. The van der Waals surface area contributed by atoms with E-state index < -0.39 is 0 Å². The maximum absolute atomic E-state index is 13.1. The van der Waals surface area contributed by atoms with Crippen molar-refractivity contribution in [2.75, 3.05) is 33.6 Å². The third kappa shape index (κ3) is 4.78. The number of nitrogens with zero attached hydrogens (tertiary/aromatic N) is 3. The first-order chi connectivity index (χ1) is 13.1. The molecular weight excluding hydrogens is 362 g/mol. The van der Waals surface area contributed by atoms with Crippen LogP contribution in [0.5, 0.6) is 11.5 Å². The molecule has 0 radical (unpaired) electrons. The first-order valence-electron chi connectivity index (χ1n) is 8.98. The number of methoxy groups -OCH3 is 2. The fourth-order valence-electron chi connectivity index (χ4n) is 3.42. The summed E-state index contributed by atoms with van der Waals surface area (Å²) in [6.07, 6.45) is 7.60. The van der Waals surface area contributed by atoms with E-state index in [9.17, 15) is 4.79 Å². The topological polar surface area (TPSA) is 64.5 Å². The Bertz CT molecular complexity index is 783. The van der Waals surface area contributed by atoms with Gasteiger partial charge in [-0.05, 0) is 37.8 Å². The van der Waals surface area contributed by atoms with Gasteiger partial charge in [-0.25, -0.2) is 9.97 Å². The van der Waals surface area contributed by atoms with Gasteiger partial charge in [0.1, 0.15) is 11.5 Å². The van der Waals surface area contributed by atoms with Crippen LogP contribution < -0.4 is 9.47 Å². The van der Waals surface area contributed by atoms with Gasteiger partial charge >= 0.3 is 0 Å². The zero-order valence-electron chi connectivity index (χ0n) is 16.0. The highest BCUT2D eigenvalue weighted by Gasteiger charge is 2.28. The van der Waals surface area contributed by atoms with Crippen LogP contribution in [0.25, 0.3) is 0 Å². The van der Waals surface area contributed by atoms with Crippen LogP contribution in [0.4, 0.5) is 0 Å². The van der Waals surface area contributed by atoms with E-state index in [-0.39, 0.29) is 11.7 Å². The predicted molar refractivity (Wildman–Crippen MR) is 106 cm³/mol. The van der Waals surface area contributed by atoms with Gasteiger partial charge in [-0.1, -0.05) is 11.8 Å². The lowest BCUT2D eigenvalue weighted by atomic mass is 9.89. The number of likely N-dealkylation sites (tertiary alicyclic amines) is 1.